The summed E-state index contributed by atoms with van der Waals surface area (Å²) in [6, 6.07) is 5.54. The van der Waals surface area contributed by atoms with Crippen molar-refractivity contribution in [2.45, 2.75) is 31.6 Å². The SMILES string of the molecule is CN=C(NCc1ccc(OC)c(C(=O)OC)c1)N1CC2C3CCC(O3)C2C1.I. The van der Waals surface area contributed by atoms with Crippen LogP contribution in [0, 0.1) is 11.8 Å². The molecule has 8 heteroatoms. The van der Waals surface area contributed by atoms with Gasteiger partial charge in [0.1, 0.15) is 11.3 Å². The summed E-state index contributed by atoms with van der Waals surface area (Å²) in [5.74, 6) is 2.28. The van der Waals surface area contributed by atoms with Crippen LogP contribution >= 0.6 is 24.0 Å². The number of guanidine groups is 1. The molecule has 3 aliphatic heterocycles. The summed E-state index contributed by atoms with van der Waals surface area (Å²) in [4.78, 5) is 18.8. The lowest BCUT2D eigenvalue weighted by Gasteiger charge is -2.23. The average molecular weight is 501 g/mol. The number of carbonyl (C=O) groups excluding carboxylic acids is 1. The van der Waals surface area contributed by atoms with Crippen LogP contribution in [0.4, 0.5) is 0 Å². The molecule has 3 saturated heterocycles. The fourth-order valence-corrected chi connectivity index (χ4v) is 4.78. The van der Waals surface area contributed by atoms with E-state index < -0.39 is 5.97 Å². The van der Waals surface area contributed by atoms with Crippen LogP contribution in [0.15, 0.2) is 23.2 Å². The van der Waals surface area contributed by atoms with Crippen molar-refractivity contribution in [2.24, 2.45) is 16.8 Å². The number of esters is 1. The van der Waals surface area contributed by atoms with E-state index in [1.165, 1.54) is 20.0 Å². The molecule has 3 aliphatic rings. The number of aliphatic imine (C=N–C) groups is 1. The van der Waals surface area contributed by atoms with Gasteiger partial charge in [-0.25, -0.2) is 4.79 Å². The van der Waals surface area contributed by atoms with Crippen molar-refractivity contribution in [2.75, 3.05) is 34.4 Å². The molecule has 7 nitrogen and oxygen atoms in total. The molecule has 3 fully saturated rings. The van der Waals surface area contributed by atoms with Gasteiger partial charge >= 0.3 is 5.97 Å². The molecule has 0 amide bonds. The van der Waals surface area contributed by atoms with Crippen molar-refractivity contribution in [3.63, 3.8) is 0 Å². The number of nitrogens with one attached hydrogen (secondary N) is 1. The number of methoxy groups -OCH3 is 2. The monoisotopic (exact) mass is 501 g/mol. The number of hydrogen-bond acceptors (Lipinski definition) is 5. The zero-order valence-electron chi connectivity index (χ0n) is 16.5. The zero-order chi connectivity index (χ0) is 19.0. The predicted molar refractivity (Wildman–Crippen MR) is 116 cm³/mol. The first-order valence-corrected chi connectivity index (χ1v) is 9.51. The lowest BCUT2D eigenvalue weighted by molar-refractivity contribution is 0.0597. The van der Waals surface area contributed by atoms with Gasteiger partial charge < -0.3 is 24.4 Å². The number of rotatable bonds is 4. The van der Waals surface area contributed by atoms with Gasteiger partial charge in [0, 0.05) is 38.5 Å². The Labute approximate surface area is 182 Å². The number of nitrogens with zero attached hydrogens (tertiary/aromatic N) is 2. The van der Waals surface area contributed by atoms with Gasteiger partial charge in [0.25, 0.3) is 0 Å². The van der Waals surface area contributed by atoms with Crippen LogP contribution in [-0.2, 0) is 16.0 Å². The fourth-order valence-electron chi connectivity index (χ4n) is 4.78. The highest BCUT2D eigenvalue weighted by molar-refractivity contribution is 14.0. The maximum atomic E-state index is 12.0. The minimum absolute atomic E-state index is 0. The molecule has 154 valence electrons. The molecule has 28 heavy (non-hydrogen) atoms. The van der Waals surface area contributed by atoms with E-state index in [2.05, 4.69) is 15.2 Å². The Balaban J connectivity index is 0.00000225. The van der Waals surface area contributed by atoms with Crippen LogP contribution in [-0.4, -0.2) is 63.4 Å². The van der Waals surface area contributed by atoms with Gasteiger partial charge in [-0.1, -0.05) is 6.07 Å². The summed E-state index contributed by atoms with van der Waals surface area (Å²) in [6.07, 6.45) is 3.28. The quantitative estimate of drug-likeness (QED) is 0.296. The maximum Gasteiger partial charge on any atom is 0.341 e. The van der Waals surface area contributed by atoms with Gasteiger partial charge in [0.15, 0.2) is 5.96 Å². The van der Waals surface area contributed by atoms with E-state index in [1.807, 2.05) is 13.1 Å². The summed E-state index contributed by atoms with van der Waals surface area (Å²) in [5, 5.41) is 3.43. The van der Waals surface area contributed by atoms with E-state index in [4.69, 9.17) is 14.2 Å². The van der Waals surface area contributed by atoms with E-state index in [0.717, 1.165) is 24.6 Å². The van der Waals surface area contributed by atoms with E-state index in [9.17, 15) is 4.79 Å². The summed E-state index contributed by atoms with van der Waals surface area (Å²) in [6.45, 7) is 2.58. The van der Waals surface area contributed by atoms with Crippen molar-refractivity contribution in [3.8, 4) is 5.75 Å². The second kappa shape index (κ2) is 8.86. The molecule has 1 aromatic rings. The van der Waals surface area contributed by atoms with Crippen LogP contribution in [0.3, 0.4) is 0 Å². The Morgan fingerprint density at radius 2 is 1.93 bits per heavy atom. The van der Waals surface area contributed by atoms with Crippen LogP contribution in [0.1, 0.15) is 28.8 Å². The lowest BCUT2D eigenvalue weighted by atomic mass is 9.82. The van der Waals surface area contributed by atoms with Gasteiger partial charge in [-0.3, -0.25) is 4.99 Å². The Morgan fingerprint density at radius 3 is 2.50 bits per heavy atom. The van der Waals surface area contributed by atoms with Gasteiger partial charge in [0.05, 0.1) is 26.4 Å². The topological polar surface area (TPSA) is 72.4 Å². The predicted octanol–water partition coefficient (Wildman–Crippen LogP) is 2.28. The molecule has 3 heterocycles. The Kier molecular flexibility index (Phi) is 6.69. The van der Waals surface area contributed by atoms with Crippen molar-refractivity contribution >= 4 is 35.9 Å². The molecule has 0 aliphatic carbocycles. The Hall–Kier alpha value is -1.55. The first-order valence-electron chi connectivity index (χ1n) is 9.51. The Bertz CT molecular complexity index is 739. The van der Waals surface area contributed by atoms with Crippen molar-refractivity contribution in [1.29, 1.82) is 0 Å². The molecule has 4 unspecified atom stereocenters. The standard InChI is InChI=1S/C20H27N3O4.HI/c1-21-20(23-10-14-15(11-23)18-7-6-17(14)27-18)22-9-12-4-5-16(25-2)13(8-12)19(24)26-3;/h4-5,8,14-15,17-18H,6-7,9-11H2,1-3H3,(H,21,22);1H. The molecule has 1 aromatic carbocycles. The second-order valence-electron chi connectivity index (χ2n) is 7.45. The third kappa shape index (κ3) is 3.80. The number of fused-ring (bicyclic) bond motifs is 5. The molecule has 0 saturated carbocycles. The number of ether oxygens (including phenoxy) is 3. The number of carbonyl (C=O) groups is 1. The number of hydrogen-bond donors (Lipinski definition) is 1. The third-order valence-corrected chi connectivity index (χ3v) is 6.08. The summed E-state index contributed by atoms with van der Waals surface area (Å²) >= 11 is 0. The molecule has 2 bridgehead atoms. The normalized spacial score (nSPS) is 28.0. The molecule has 0 radical (unpaired) electrons. The highest BCUT2D eigenvalue weighted by Crippen LogP contribution is 2.47. The number of benzene rings is 1. The molecule has 0 aromatic heterocycles. The Morgan fingerprint density at radius 1 is 1.25 bits per heavy atom. The van der Waals surface area contributed by atoms with Crippen molar-refractivity contribution in [3.05, 3.63) is 29.3 Å². The van der Waals surface area contributed by atoms with Gasteiger partial charge in [-0.15, -0.1) is 24.0 Å². The summed E-state index contributed by atoms with van der Waals surface area (Å²) < 4.78 is 16.2. The smallest absolute Gasteiger partial charge is 0.341 e. The van der Waals surface area contributed by atoms with Crippen LogP contribution in [0.2, 0.25) is 0 Å². The van der Waals surface area contributed by atoms with Crippen LogP contribution in [0.25, 0.3) is 0 Å². The average Bonchev–Trinajstić information content (AvgIpc) is 3.41. The highest BCUT2D eigenvalue weighted by Gasteiger charge is 2.53. The minimum atomic E-state index is -0.402. The largest absolute Gasteiger partial charge is 0.496 e. The van der Waals surface area contributed by atoms with E-state index >= 15 is 0 Å². The van der Waals surface area contributed by atoms with E-state index in [0.29, 0.717) is 41.9 Å². The fraction of sp³-hybridized carbons (Fsp3) is 0.600. The number of halogens is 1. The van der Waals surface area contributed by atoms with Gasteiger partial charge in [0.2, 0.25) is 0 Å². The van der Waals surface area contributed by atoms with Crippen LogP contribution in [0.5, 0.6) is 5.75 Å². The zero-order valence-corrected chi connectivity index (χ0v) is 18.8. The molecular weight excluding hydrogens is 473 g/mol. The first-order chi connectivity index (χ1) is 13.1. The highest BCUT2D eigenvalue weighted by atomic mass is 127. The van der Waals surface area contributed by atoms with Gasteiger partial charge in [-0.2, -0.15) is 0 Å². The minimum Gasteiger partial charge on any atom is -0.496 e. The first kappa shape index (κ1) is 21.2. The third-order valence-electron chi connectivity index (χ3n) is 6.08. The van der Waals surface area contributed by atoms with Crippen molar-refractivity contribution < 1.29 is 19.0 Å². The molecule has 1 N–H and O–H groups in total. The number of likely N-dealkylation sites (tertiary alicyclic amines) is 1. The second-order valence-corrected chi connectivity index (χ2v) is 7.45. The molecule has 0 spiro atoms. The molecule has 4 rings (SSSR count). The van der Waals surface area contributed by atoms with E-state index in [1.54, 1.807) is 19.2 Å². The molecule has 4 atom stereocenters. The summed E-state index contributed by atoms with van der Waals surface area (Å²) in [5.41, 5.74) is 1.40. The van der Waals surface area contributed by atoms with Crippen molar-refractivity contribution in [1.82, 2.24) is 10.2 Å². The van der Waals surface area contributed by atoms with E-state index in [-0.39, 0.29) is 24.0 Å². The summed E-state index contributed by atoms with van der Waals surface area (Å²) in [7, 11) is 4.73. The van der Waals surface area contributed by atoms with Crippen LogP contribution < -0.4 is 10.1 Å². The lowest BCUT2D eigenvalue weighted by Crippen LogP contribution is -2.41. The maximum absolute atomic E-state index is 12.0. The molecular formula is C20H28IN3O4. The van der Waals surface area contributed by atoms with Gasteiger partial charge in [-0.05, 0) is 30.5 Å².